The number of anilines is 3. The highest BCUT2D eigenvalue weighted by Gasteiger charge is 2.45. The number of unbranched alkanes of at least 4 members (excludes halogenated alkanes) is 26. The summed E-state index contributed by atoms with van der Waals surface area (Å²) in [6.07, 6.45) is 50.1. The predicted octanol–water partition coefficient (Wildman–Crippen LogP) is 34.5. The van der Waals surface area contributed by atoms with Crippen LogP contribution in [0.2, 0.25) is 0 Å². The van der Waals surface area contributed by atoms with Crippen molar-refractivity contribution in [3.63, 3.8) is 0 Å². The first kappa shape index (κ1) is 91.9. The van der Waals surface area contributed by atoms with Gasteiger partial charge in [0.05, 0.1) is 34.8 Å². The summed E-state index contributed by atoms with van der Waals surface area (Å²) in [6.45, 7) is 22.9. The number of hydrogen-bond acceptors (Lipinski definition) is 11. The van der Waals surface area contributed by atoms with Gasteiger partial charge in [0.1, 0.15) is 28.2 Å². The van der Waals surface area contributed by atoms with E-state index in [1.54, 1.807) is 22.3 Å². The minimum Gasteiger partial charge on any atom is -0.378 e. The zero-order chi connectivity index (χ0) is 85.5. The standard InChI is InChI=1S/C57H76N2S3.C37H48N2S.C17H21N3/c1-7-11-15-19-21-25-35-57(36-26-22-20-16-12-8-2)50-37-41(5)29-31-46(50)47-32-30-45(38-51(47)57)56-44(28-24-18-14-10-4)40-53(61-56)49-34-33-48(54-55(49)59-62-58-54)52-39-43(42(6)60-52)27-23-17-13-9-3;1-5-7-9-11-13-15-23-37(24-16-14-12-10-8-6-2)33-25-27(3)17-20-31(33)32-22-19-29(26-34(32)37)30-21-18-28(4)35-36(30)39-40-38-35;1-18(2)14-11-9-13(10-12-14)17-19(3)15-7-5-6-8-16(15)20(17)4/h29-34,37-40H,7-28,35-36H2,1-6H3;17-22,25-26H,5-16,23-24H2,1-4H3;5-12,17H,1-4H3. The van der Waals surface area contributed by atoms with Gasteiger partial charge < -0.3 is 14.7 Å². The van der Waals surface area contributed by atoms with E-state index in [1.807, 2.05) is 22.7 Å². The molecule has 0 radical (unpaired) electrons. The van der Waals surface area contributed by atoms with E-state index in [0.29, 0.717) is 0 Å². The highest BCUT2D eigenvalue weighted by atomic mass is 32.1. The molecule has 5 heterocycles. The van der Waals surface area contributed by atoms with Gasteiger partial charge in [-0.1, -0.05) is 354 Å². The summed E-state index contributed by atoms with van der Waals surface area (Å²) in [6, 6.07) is 61.1. The average molecular weight is 1710 g/mol. The zero-order valence-electron chi connectivity index (χ0n) is 77.2. The maximum Gasteiger partial charge on any atom is 0.128 e. The summed E-state index contributed by atoms with van der Waals surface area (Å²) >= 11 is 6.63. The second-order valence-corrected chi connectivity index (χ2v) is 40.1. The highest BCUT2D eigenvalue weighted by molar-refractivity contribution is 7.19. The number of aromatic nitrogens is 4. The number of fused-ring (bicyclic) bond motifs is 9. The SMILES string of the molecule is CCCCCCCCC1(CCCCCCCC)c2cc(C)ccc2-c2ccc(-c3ccc(C)c4nsnc34)cc21.CCCCCCCCC1(CCCCCCCC)c2cc(C)ccc2-c2ccc(-c3sc(-c4ccc(-c5cc(CCCCCC)c(C)s5)c5nsnc45)cc3CCCCCC)cc21.CN(C)c1ccc(C2N(C)c3ccccc3N2C)cc1. The van der Waals surface area contributed by atoms with E-state index in [1.165, 1.54) is 381 Å². The highest BCUT2D eigenvalue weighted by Crippen LogP contribution is 2.58. The first-order chi connectivity index (χ1) is 59.6. The molecule has 0 saturated carbocycles. The Bertz CT molecular complexity index is 5240. The molecule has 0 saturated heterocycles. The van der Waals surface area contributed by atoms with Gasteiger partial charge in [0.2, 0.25) is 0 Å². The Hall–Kier alpha value is -7.80. The average Bonchev–Trinajstić information content (AvgIpc) is 1.57. The van der Waals surface area contributed by atoms with Crippen molar-refractivity contribution in [1.29, 1.82) is 0 Å². The molecule has 3 aliphatic rings. The maximum atomic E-state index is 5.02. The summed E-state index contributed by atoms with van der Waals surface area (Å²) < 4.78 is 19.4. The monoisotopic (exact) mass is 1700 g/mol. The summed E-state index contributed by atoms with van der Waals surface area (Å²) in [5.41, 5.74) is 35.2. The molecule has 1 aliphatic heterocycles. The van der Waals surface area contributed by atoms with Crippen LogP contribution in [0.3, 0.4) is 0 Å². The molecule has 0 spiro atoms. The van der Waals surface area contributed by atoms with Crippen molar-refractivity contribution in [2.45, 2.75) is 330 Å². The second kappa shape index (κ2) is 44.9. The number of para-hydroxylation sites is 2. The van der Waals surface area contributed by atoms with E-state index in [2.05, 4.69) is 274 Å². The lowest BCUT2D eigenvalue weighted by molar-refractivity contribution is 0.398. The Morgan fingerprint density at radius 2 is 0.697 bits per heavy atom. The lowest BCUT2D eigenvalue weighted by atomic mass is 9.70. The van der Waals surface area contributed by atoms with Crippen molar-refractivity contribution < 1.29 is 0 Å². The Morgan fingerprint density at radius 3 is 1.16 bits per heavy atom. The van der Waals surface area contributed by atoms with Crippen LogP contribution in [0, 0.1) is 27.7 Å². The summed E-state index contributed by atoms with van der Waals surface area (Å²) in [4.78, 5) is 12.4. The van der Waals surface area contributed by atoms with Crippen LogP contribution in [0.4, 0.5) is 17.1 Å². The van der Waals surface area contributed by atoms with Gasteiger partial charge in [0.25, 0.3) is 0 Å². The number of nitrogens with zero attached hydrogens (tertiary/aromatic N) is 7. The molecule has 0 N–H and O–H groups in total. The third-order valence-electron chi connectivity index (χ3n) is 27.5. The molecule has 0 fully saturated rings. The minimum atomic E-state index is 0.0768. The molecule has 12 aromatic rings. The molecule has 0 amide bonds. The quantitative estimate of drug-likeness (QED) is 0.0353. The van der Waals surface area contributed by atoms with Crippen LogP contribution in [0.1, 0.15) is 339 Å². The molecule has 0 bridgehead atoms. The number of thiophene rings is 2. The largest absolute Gasteiger partial charge is 0.378 e. The molecule has 15 rings (SSSR count). The van der Waals surface area contributed by atoms with Gasteiger partial charge in [0.15, 0.2) is 0 Å². The summed E-state index contributed by atoms with van der Waals surface area (Å²) in [5, 5.41) is 0. The van der Waals surface area contributed by atoms with Crippen molar-refractivity contribution in [3.8, 4) is 64.7 Å². The number of benzene rings is 8. The third-order valence-corrected chi connectivity index (χ3v) is 31.0. The van der Waals surface area contributed by atoms with Crippen molar-refractivity contribution in [3.05, 3.63) is 218 Å². The van der Waals surface area contributed by atoms with Crippen molar-refractivity contribution in [2.24, 2.45) is 0 Å². The number of rotatable bonds is 44. The van der Waals surface area contributed by atoms with Crippen LogP contribution in [0.5, 0.6) is 0 Å². The first-order valence-corrected chi connectivity index (χ1v) is 51.2. The van der Waals surface area contributed by atoms with Gasteiger partial charge in [-0.2, -0.15) is 17.5 Å². The van der Waals surface area contributed by atoms with E-state index < -0.39 is 0 Å². The topological polar surface area (TPSA) is 61.3 Å². The van der Waals surface area contributed by atoms with E-state index in [4.69, 9.17) is 13.1 Å². The third kappa shape index (κ3) is 21.3. The Kier molecular flexibility index (Phi) is 33.8. The van der Waals surface area contributed by atoms with Crippen LogP contribution in [-0.4, -0.2) is 45.7 Å². The molecule has 11 heteroatoms. The van der Waals surface area contributed by atoms with E-state index in [-0.39, 0.29) is 17.0 Å². The molecule has 648 valence electrons. The fourth-order valence-electron chi connectivity index (χ4n) is 20.5. The van der Waals surface area contributed by atoms with Crippen molar-refractivity contribution in [1.82, 2.24) is 17.5 Å². The molecule has 8 aromatic carbocycles. The molecule has 122 heavy (non-hydrogen) atoms. The lowest BCUT2D eigenvalue weighted by Gasteiger charge is -2.33. The van der Waals surface area contributed by atoms with Gasteiger partial charge in [-0.15, -0.1) is 22.7 Å². The number of hydrogen-bond donors (Lipinski definition) is 0. The minimum absolute atomic E-state index is 0.0768. The van der Waals surface area contributed by atoms with Crippen LogP contribution in [0.25, 0.3) is 86.8 Å². The van der Waals surface area contributed by atoms with Crippen molar-refractivity contribution in [2.75, 3.05) is 42.9 Å². The molecule has 4 aromatic heterocycles. The van der Waals surface area contributed by atoms with Gasteiger partial charge in [-0.05, 0) is 205 Å². The normalized spacial score (nSPS) is 13.5. The van der Waals surface area contributed by atoms with Crippen LogP contribution in [0.15, 0.2) is 158 Å². The van der Waals surface area contributed by atoms with E-state index in [0.717, 1.165) is 28.5 Å². The Balaban J connectivity index is 0.000000180. The maximum absolute atomic E-state index is 5.02. The van der Waals surface area contributed by atoms with Gasteiger partial charge in [-0.3, -0.25) is 0 Å². The fourth-order valence-corrected chi connectivity index (χ4v) is 24.0. The van der Waals surface area contributed by atoms with Gasteiger partial charge in [0, 0.05) is 80.9 Å². The van der Waals surface area contributed by atoms with Gasteiger partial charge in [-0.25, -0.2) is 0 Å². The van der Waals surface area contributed by atoms with E-state index >= 15 is 0 Å². The van der Waals surface area contributed by atoms with Crippen LogP contribution >= 0.6 is 46.1 Å². The number of aryl methyl sites for hydroxylation is 6. The molecular formula is C111H145N7S4. The van der Waals surface area contributed by atoms with Crippen LogP contribution in [-0.2, 0) is 23.7 Å². The summed E-state index contributed by atoms with van der Waals surface area (Å²) in [5.74, 6) is 0. The predicted molar refractivity (Wildman–Crippen MR) is 538 cm³/mol. The smallest absolute Gasteiger partial charge is 0.128 e. The van der Waals surface area contributed by atoms with E-state index in [9.17, 15) is 0 Å². The lowest BCUT2D eigenvalue weighted by Crippen LogP contribution is -2.30. The summed E-state index contributed by atoms with van der Waals surface area (Å²) in [7, 11) is 8.46. The second-order valence-electron chi connectivity index (χ2n) is 36.7. The molecule has 2 aliphatic carbocycles. The van der Waals surface area contributed by atoms with Crippen molar-refractivity contribution >= 4 is 85.3 Å². The van der Waals surface area contributed by atoms with Gasteiger partial charge >= 0.3 is 0 Å². The first-order valence-electron chi connectivity index (χ1n) is 48.1. The molecular weight excluding hydrogens is 1560 g/mol. The Labute approximate surface area is 753 Å². The Morgan fingerprint density at radius 1 is 0.336 bits per heavy atom. The van der Waals surface area contributed by atoms with Crippen LogP contribution < -0.4 is 14.7 Å². The molecule has 0 unspecified atom stereocenters. The zero-order valence-corrected chi connectivity index (χ0v) is 80.5. The fraction of sp³-hybridized carbons (Fsp3) is 0.495. The molecule has 7 nitrogen and oxygen atoms in total. The molecule has 0 atom stereocenters.